The number of alkyl halides is 1. The highest BCUT2D eigenvalue weighted by atomic mass is 127. The highest BCUT2D eigenvalue weighted by Gasteiger charge is 2.22. The summed E-state index contributed by atoms with van der Waals surface area (Å²) in [5, 5.41) is 15.8. The van der Waals surface area contributed by atoms with E-state index in [-0.39, 0.29) is 22.3 Å². The summed E-state index contributed by atoms with van der Waals surface area (Å²) in [6.45, 7) is 1.81. The number of pyridine rings is 1. The van der Waals surface area contributed by atoms with Crippen molar-refractivity contribution in [3.8, 4) is 5.69 Å². The van der Waals surface area contributed by atoms with Crippen LogP contribution in [0.1, 0.15) is 24.2 Å². The molecule has 162 valence electrons. The van der Waals surface area contributed by atoms with Crippen LogP contribution in [0.2, 0.25) is 5.28 Å². The molecular weight excluding hydrogens is 545 g/mol. The van der Waals surface area contributed by atoms with Gasteiger partial charge in [0.25, 0.3) is 5.56 Å². The van der Waals surface area contributed by atoms with Gasteiger partial charge in [-0.15, -0.1) is 0 Å². The van der Waals surface area contributed by atoms with Gasteiger partial charge in [0.05, 0.1) is 16.4 Å². The molecule has 0 fully saturated rings. The SMILES string of the molecule is C[C@H](Nc1nc(Cl)ncc1[N+](=O)[O-])c1cc2cccc(CI)c2c(=O)n1-c1ccccc1. The Morgan fingerprint density at radius 1 is 1.22 bits per heavy atom. The number of nitrogens with one attached hydrogen (secondary N) is 1. The second kappa shape index (κ2) is 9.21. The number of nitro groups is 1. The maximum Gasteiger partial charge on any atom is 0.329 e. The topological polar surface area (TPSA) is 103 Å². The van der Waals surface area contributed by atoms with Gasteiger partial charge >= 0.3 is 5.69 Å². The first-order chi connectivity index (χ1) is 15.4. The Labute approximate surface area is 201 Å². The van der Waals surface area contributed by atoms with Crippen molar-refractivity contribution < 1.29 is 4.92 Å². The average Bonchev–Trinajstić information content (AvgIpc) is 2.78. The van der Waals surface area contributed by atoms with Crippen molar-refractivity contribution in [3.63, 3.8) is 0 Å². The third-order valence-electron chi connectivity index (χ3n) is 5.05. The summed E-state index contributed by atoms with van der Waals surface area (Å²) in [5.74, 6) is -0.0179. The van der Waals surface area contributed by atoms with Crippen molar-refractivity contribution in [1.82, 2.24) is 14.5 Å². The number of hydrogen-bond acceptors (Lipinski definition) is 6. The van der Waals surface area contributed by atoms with Crippen LogP contribution in [-0.4, -0.2) is 19.5 Å². The van der Waals surface area contributed by atoms with Gasteiger partial charge in [-0.2, -0.15) is 4.98 Å². The van der Waals surface area contributed by atoms with E-state index < -0.39 is 11.0 Å². The fraction of sp³-hybridized carbons (Fsp3) is 0.136. The number of rotatable bonds is 6. The van der Waals surface area contributed by atoms with E-state index in [9.17, 15) is 14.9 Å². The largest absolute Gasteiger partial charge is 0.356 e. The third kappa shape index (κ3) is 4.17. The standard InChI is InChI=1S/C22H17ClIN5O3/c1-13(26-20-18(29(31)32)12-25-22(23)27-20)17-10-14-6-5-7-15(11-24)19(14)21(30)28(17)16-8-3-2-4-9-16/h2-10,12-13H,11H2,1H3,(H,25,26,27)/t13-/m0/s1. The van der Waals surface area contributed by atoms with Gasteiger partial charge in [0.1, 0.15) is 6.20 Å². The molecule has 2 heterocycles. The molecule has 1 atom stereocenters. The molecule has 0 amide bonds. The van der Waals surface area contributed by atoms with E-state index in [1.807, 2.05) is 61.5 Å². The number of para-hydroxylation sites is 1. The molecule has 0 saturated carbocycles. The van der Waals surface area contributed by atoms with Crippen LogP contribution in [0.25, 0.3) is 16.5 Å². The molecule has 0 aliphatic rings. The van der Waals surface area contributed by atoms with Gasteiger partial charge < -0.3 is 5.32 Å². The number of hydrogen-bond donors (Lipinski definition) is 1. The minimum absolute atomic E-state index is 0.0179. The van der Waals surface area contributed by atoms with Gasteiger partial charge in [-0.25, -0.2) is 4.98 Å². The third-order valence-corrected chi connectivity index (χ3v) is 6.06. The van der Waals surface area contributed by atoms with Gasteiger partial charge in [-0.3, -0.25) is 19.5 Å². The second-order valence-electron chi connectivity index (χ2n) is 7.06. The summed E-state index contributed by atoms with van der Waals surface area (Å²) in [6, 6.07) is 16.4. The van der Waals surface area contributed by atoms with Crippen LogP contribution in [0.3, 0.4) is 0 Å². The number of aromatic nitrogens is 3. The fourth-order valence-electron chi connectivity index (χ4n) is 3.60. The highest BCUT2D eigenvalue weighted by molar-refractivity contribution is 14.1. The molecule has 2 aromatic carbocycles. The van der Waals surface area contributed by atoms with Crippen molar-refractivity contribution in [2.24, 2.45) is 0 Å². The van der Waals surface area contributed by atoms with Crippen molar-refractivity contribution in [2.45, 2.75) is 17.4 Å². The molecule has 0 saturated heterocycles. The zero-order valence-electron chi connectivity index (χ0n) is 16.8. The molecule has 0 aliphatic carbocycles. The van der Waals surface area contributed by atoms with Gasteiger partial charge in [-0.05, 0) is 47.7 Å². The van der Waals surface area contributed by atoms with Crippen LogP contribution < -0.4 is 10.9 Å². The number of nitrogens with zero attached hydrogens (tertiary/aromatic N) is 4. The van der Waals surface area contributed by atoms with Crippen molar-refractivity contribution in [2.75, 3.05) is 5.32 Å². The molecule has 4 rings (SSSR count). The predicted octanol–water partition coefficient (Wildman–Crippen LogP) is 5.45. The van der Waals surface area contributed by atoms with E-state index in [0.717, 1.165) is 17.1 Å². The average molecular weight is 562 g/mol. The Morgan fingerprint density at radius 2 is 1.97 bits per heavy atom. The van der Waals surface area contributed by atoms with Crippen LogP contribution in [0.5, 0.6) is 0 Å². The van der Waals surface area contributed by atoms with Crippen LogP contribution >= 0.6 is 34.2 Å². The van der Waals surface area contributed by atoms with Crippen LogP contribution in [-0.2, 0) is 4.43 Å². The van der Waals surface area contributed by atoms with E-state index in [2.05, 4.69) is 37.9 Å². The molecule has 0 aliphatic heterocycles. The van der Waals surface area contributed by atoms with E-state index in [4.69, 9.17) is 11.6 Å². The number of anilines is 1. The lowest BCUT2D eigenvalue weighted by atomic mass is 10.0. The van der Waals surface area contributed by atoms with E-state index in [0.29, 0.717) is 21.2 Å². The summed E-state index contributed by atoms with van der Waals surface area (Å²) >= 11 is 8.12. The molecule has 0 spiro atoms. The number of benzene rings is 2. The molecule has 32 heavy (non-hydrogen) atoms. The quantitative estimate of drug-likeness (QED) is 0.110. The zero-order chi connectivity index (χ0) is 22.8. The normalized spacial score (nSPS) is 12.0. The van der Waals surface area contributed by atoms with Gasteiger partial charge in [0.15, 0.2) is 0 Å². The van der Waals surface area contributed by atoms with Crippen LogP contribution in [0, 0.1) is 10.1 Å². The minimum atomic E-state index is -0.581. The molecule has 0 bridgehead atoms. The first-order valence-electron chi connectivity index (χ1n) is 9.63. The molecular formula is C22H17ClIN5O3. The smallest absolute Gasteiger partial charge is 0.329 e. The van der Waals surface area contributed by atoms with Gasteiger partial charge in [0, 0.05) is 15.8 Å². The first kappa shape index (κ1) is 22.2. The lowest BCUT2D eigenvalue weighted by Gasteiger charge is -2.21. The van der Waals surface area contributed by atoms with Crippen LogP contribution in [0.15, 0.2) is 65.6 Å². The van der Waals surface area contributed by atoms with Crippen molar-refractivity contribution >= 4 is 56.5 Å². The highest BCUT2D eigenvalue weighted by Crippen LogP contribution is 2.29. The Hall–Kier alpha value is -3.05. The minimum Gasteiger partial charge on any atom is -0.356 e. The van der Waals surface area contributed by atoms with Crippen molar-refractivity contribution in [3.05, 3.63) is 97.8 Å². The van der Waals surface area contributed by atoms with Crippen LogP contribution in [0.4, 0.5) is 11.5 Å². The lowest BCUT2D eigenvalue weighted by Crippen LogP contribution is -2.26. The summed E-state index contributed by atoms with van der Waals surface area (Å²) in [4.78, 5) is 32.2. The monoisotopic (exact) mass is 561 g/mol. The van der Waals surface area contributed by atoms with Crippen molar-refractivity contribution in [1.29, 1.82) is 0 Å². The van der Waals surface area contributed by atoms with E-state index in [1.165, 1.54) is 0 Å². The molecule has 1 N–H and O–H groups in total. The summed E-state index contributed by atoms with van der Waals surface area (Å²) < 4.78 is 2.32. The Bertz CT molecular complexity index is 1380. The fourth-order valence-corrected chi connectivity index (χ4v) is 4.37. The Morgan fingerprint density at radius 3 is 2.66 bits per heavy atom. The van der Waals surface area contributed by atoms with Gasteiger partial charge in [0.2, 0.25) is 11.1 Å². The predicted molar refractivity (Wildman–Crippen MR) is 133 cm³/mol. The zero-order valence-corrected chi connectivity index (χ0v) is 19.7. The maximum atomic E-state index is 13.7. The number of fused-ring (bicyclic) bond motifs is 1. The molecule has 2 aromatic heterocycles. The molecule has 0 unspecified atom stereocenters. The number of halogens is 2. The molecule has 8 nitrogen and oxygen atoms in total. The maximum absolute atomic E-state index is 13.7. The first-order valence-corrected chi connectivity index (χ1v) is 11.5. The Balaban J connectivity index is 1.93. The molecule has 0 radical (unpaired) electrons. The lowest BCUT2D eigenvalue weighted by molar-refractivity contribution is -0.384. The van der Waals surface area contributed by atoms with Gasteiger partial charge in [-0.1, -0.05) is 59.0 Å². The van der Waals surface area contributed by atoms with E-state index in [1.54, 1.807) is 4.57 Å². The summed E-state index contributed by atoms with van der Waals surface area (Å²) in [5.41, 5.74) is 1.82. The van der Waals surface area contributed by atoms with E-state index >= 15 is 0 Å². The second-order valence-corrected chi connectivity index (χ2v) is 8.16. The summed E-state index contributed by atoms with van der Waals surface area (Å²) in [6.07, 6.45) is 1.06. The Kier molecular flexibility index (Phi) is 6.38. The molecule has 10 heteroatoms. The summed E-state index contributed by atoms with van der Waals surface area (Å²) in [7, 11) is 0. The molecule has 4 aromatic rings.